The van der Waals surface area contributed by atoms with Crippen molar-refractivity contribution in [1.82, 2.24) is 9.55 Å². The molecule has 0 aliphatic carbocycles. The third-order valence-corrected chi connectivity index (χ3v) is 2.85. The molecule has 3 rings (SSSR count). The summed E-state index contributed by atoms with van der Waals surface area (Å²) in [6.45, 7) is 2.07. The van der Waals surface area contributed by atoms with Crippen LogP contribution < -0.4 is 5.73 Å². The quantitative estimate of drug-likeness (QED) is 0.689. The van der Waals surface area contributed by atoms with Crippen LogP contribution in [0.25, 0.3) is 16.7 Å². The van der Waals surface area contributed by atoms with E-state index in [4.69, 9.17) is 5.73 Å². The number of nitrogens with zero attached hydrogens (tertiary/aromatic N) is 2. The number of nitrogens with two attached hydrogens (primary N) is 1. The number of rotatable bonds is 1. The molecule has 84 valence electrons. The third kappa shape index (κ3) is 1.56. The molecule has 0 radical (unpaired) electrons. The molecule has 0 bridgehead atoms. The van der Waals surface area contributed by atoms with Crippen LogP contribution in [0, 0.1) is 6.92 Å². The maximum atomic E-state index is 5.99. The van der Waals surface area contributed by atoms with Gasteiger partial charge in [-0.15, -0.1) is 0 Å². The minimum atomic E-state index is 0.525. The first kappa shape index (κ1) is 9.90. The molecule has 1 aromatic heterocycles. The largest absolute Gasteiger partial charge is 0.369 e. The van der Waals surface area contributed by atoms with Gasteiger partial charge in [-0.25, -0.2) is 4.98 Å². The van der Waals surface area contributed by atoms with Gasteiger partial charge in [-0.05, 0) is 36.8 Å². The minimum absolute atomic E-state index is 0.525. The Morgan fingerprint density at radius 3 is 2.59 bits per heavy atom. The highest BCUT2D eigenvalue weighted by Gasteiger charge is 2.09. The molecule has 0 atom stereocenters. The van der Waals surface area contributed by atoms with Gasteiger partial charge in [0.1, 0.15) is 0 Å². The van der Waals surface area contributed by atoms with Gasteiger partial charge >= 0.3 is 0 Å². The molecule has 0 saturated carbocycles. The topological polar surface area (TPSA) is 43.8 Å². The van der Waals surface area contributed by atoms with Crippen LogP contribution in [0.3, 0.4) is 0 Å². The number of para-hydroxylation sites is 1. The summed E-state index contributed by atoms with van der Waals surface area (Å²) < 4.78 is 1.97. The van der Waals surface area contributed by atoms with Gasteiger partial charge in [0.2, 0.25) is 5.95 Å². The molecular formula is C14H13N3. The van der Waals surface area contributed by atoms with E-state index in [1.165, 1.54) is 5.56 Å². The zero-order valence-electron chi connectivity index (χ0n) is 9.59. The van der Waals surface area contributed by atoms with E-state index in [0.29, 0.717) is 5.95 Å². The molecule has 0 aliphatic heterocycles. The zero-order chi connectivity index (χ0) is 11.8. The first-order chi connectivity index (χ1) is 8.25. The maximum absolute atomic E-state index is 5.99. The Kier molecular flexibility index (Phi) is 2.11. The van der Waals surface area contributed by atoms with Crippen molar-refractivity contribution in [2.45, 2.75) is 6.92 Å². The van der Waals surface area contributed by atoms with Crippen LogP contribution in [-0.2, 0) is 0 Å². The molecule has 1 heterocycles. The minimum Gasteiger partial charge on any atom is -0.369 e. The van der Waals surface area contributed by atoms with Crippen LogP contribution in [0.4, 0.5) is 5.95 Å². The summed E-state index contributed by atoms with van der Waals surface area (Å²) >= 11 is 0. The lowest BCUT2D eigenvalue weighted by molar-refractivity contribution is 1.11. The van der Waals surface area contributed by atoms with E-state index in [0.717, 1.165) is 16.7 Å². The Bertz CT molecular complexity index is 669. The predicted octanol–water partition coefficient (Wildman–Crippen LogP) is 2.92. The molecule has 0 unspecified atom stereocenters. The Morgan fingerprint density at radius 2 is 1.82 bits per heavy atom. The number of aryl methyl sites for hydroxylation is 1. The van der Waals surface area contributed by atoms with Gasteiger partial charge in [-0.2, -0.15) is 0 Å². The lowest BCUT2D eigenvalue weighted by Crippen LogP contribution is -2.00. The molecule has 0 aliphatic rings. The number of hydrogen-bond donors (Lipinski definition) is 1. The molecule has 2 aromatic carbocycles. The molecule has 0 amide bonds. The van der Waals surface area contributed by atoms with E-state index in [1.54, 1.807) is 0 Å². The van der Waals surface area contributed by atoms with Gasteiger partial charge in [0.05, 0.1) is 11.0 Å². The van der Waals surface area contributed by atoms with E-state index < -0.39 is 0 Å². The number of benzene rings is 2. The highest BCUT2D eigenvalue weighted by molar-refractivity contribution is 5.81. The molecule has 3 heteroatoms. The van der Waals surface area contributed by atoms with Crippen molar-refractivity contribution >= 4 is 17.0 Å². The Morgan fingerprint density at radius 1 is 1.06 bits per heavy atom. The highest BCUT2D eigenvalue weighted by Crippen LogP contribution is 2.23. The third-order valence-electron chi connectivity index (χ3n) is 2.85. The second-order valence-corrected chi connectivity index (χ2v) is 4.13. The summed E-state index contributed by atoms with van der Waals surface area (Å²) in [5.41, 5.74) is 10.2. The monoisotopic (exact) mass is 223 g/mol. The lowest BCUT2D eigenvalue weighted by Gasteiger charge is -2.06. The van der Waals surface area contributed by atoms with E-state index in [1.807, 2.05) is 47.0 Å². The van der Waals surface area contributed by atoms with Crippen molar-refractivity contribution in [3.63, 3.8) is 0 Å². The summed E-state index contributed by atoms with van der Waals surface area (Å²) in [6.07, 6.45) is 0. The molecule has 0 fully saturated rings. The van der Waals surface area contributed by atoms with Crippen molar-refractivity contribution in [2.24, 2.45) is 0 Å². The molecular weight excluding hydrogens is 210 g/mol. The molecule has 3 nitrogen and oxygen atoms in total. The van der Waals surface area contributed by atoms with Crippen LogP contribution in [0.5, 0.6) is 0 Å². The van der Waals surface area contributed by atoms with Gasteiger partial charge in [0.15, 0.2) is 0 Å². The summed E-state index contributed by atoms with van der Waals surface area (Å²) in [7, 11) is 0. The van der Waals surface area contributed by atoms with Gasteiger partial charge in [0, 0.05) is 5.69 Å². The molecule has 17 heavy (non-hydrogen) atoms. The van der Waals surface area contributed by atoms with E-state index in [9.17, 15) is 0 Å². The Balaban J connectivity index is 2.35. The lowest BCUT2D eigenvalue weighted by atomic mass is 10.2. The van der Waals surface area contributed by atoms with Crippen LogP contribution in [0.15, 0.2) is 48.5 Å². The Hall–Kier alpha value is -2.29. The number of imidazole rings is 1. The summed E-state index contributed by atoms with van der Waals surface area (Å²) in [5, 5.41) is 0. The number of fused-ring (bicyclic) bond motifs is 1. The predicted molar refractivity (Wildman–Crippen MR) is 70.2 cm³/mol. The summed E-state index contributed by atoms with van der Waals surface area (Å²) in [5.74, 6) is 0.525. The van der Waals surface area contributed by atoms with E-state index >= 15 is 0 Å². The van der Waals surface area contributed by atoms with Crippen LogP contribution in [0.2, 0.25) is 0 Å². The van der Waals surface area contributed by atoms with Crippen molar-refractivity contribution in [3.05, 3.63) is 54.1 Å². The molecule has 0 spiro atoms. The summed E-state index contributed by atoms with van der Waals surface area (Å²) in [4.78, 5) is 4.37. The SMILES string of the molecule is Cc1ccc2nc(N)n(-c3ccccc3)c2c1. The highest BCUT2D eigenvalue weighted by atomic mass is 15.2. The second kappa shape index (κ2) is 3.63. The fourth-order valence-electron chi connectivity index (χ4n) is 2.05. The Labute approximate surface area is 99.5 Å². The van der Waals surface area contributed by atoms with E-state index in [-0.39, 0.29) is 0 Å². The van der Waals surface area contributed by atoms with Gasteiger partial charge in [0.25, 0.3) is 0 Å². The number of nitrogen functional groups attached to an aromatic ring is 1. The van der Waals surface area contributed by atoms with Crippen molar-refractivity contribution in [2.75, 3.05) is 5.73 Å². The standard InChI is InChI=1S/C14H13N3/c1-10-7-8-12-13(9-10)17(14(15)16-12)11-5-3-2-4-6-11/h2-9H,1H3,(H2,15,16). The van der Waals surface area contributed by atoms with Crippen LogP contribution in [0.1, 0.15) is 5.56 Å². The van der Waals surface area contributed by atoms with Crippen LogP contribution in [-0.4, -0.2) is 9.55 Å². The van der Waals surface area contributed by atoms with Gasteiger partial charge in [-0.3, -0.25) is 4.57 Å². The first-order valence-electron chi connectivity index (χ1n) is 5.56. The van der Waals surface area contributed by atoms with Gasteiger partial charge in [-0.1, -0.05) is 24.3 Å². The number of aromatic nitrogens is 2. The zero-order valence-corrected chi connectivity index (χ0v) is 9.59. The van der Waals surface area contributed by atoms with Gasteiger partial charge < -0.3 is 5.73 Å². The van der Waals surface area contributed by atoms with Crippen molar-refractivity contribution in [1.29, 1.82) is 0 Å². The molecule has 0 saturated heterocycles. The van der Waals surface area contributed by atoms with Crippen molar-refractivity contribution < 1.29 is 0 Å². The smallest absolute Gasteiger partial charge is 0.205 e. The average molecular weight is 223 g/mol. The number of hydrogen-bond acceptors (Lipinski definition) is 2. The molecule has 3 aromatic rings. The number of anilines is 1. The summed E-state index contributed by atoms with van der Waals surface area (Å²) in [6, 6.07) is 16.2. The van der Waals surface area contributed by atoms with E-state index in [2.05, 4.69) is 18.0 Å². The average Bonchev–Trinajstić information content (AvgIpc) is 2.65. The fraction of sp³-hybridized carbons (Fsp3) is 0.0714. The van der Waals surface area contributed by atoms with Crippen molar-refractivity contribution in [3.8, 4) is 5.69 Å². The second-order valence-electron chi connectivity index (χ2n) is 4.13. The maximum Gasteiger partial charge on any atom is 0.205 e. The van der Waals surface area contributed by atoms with Crippen LogP contribution >= 0.6 is 0 Å². The normalized spacial score (nSPS) is 10.9. The molecule has 2 N–H and O–H groups in total. The fourth-order valence-corrected chi connectivity index (χ4v) is 2.05. The first-order valence-corrected chi connectivity index (χ1v) is 5.56.